The van der Waals surface area contributed by atoms with Crippen molar-refractivity contribution >= 4 is 47.4 Å². The van der Waals surface area contributed by atoms with Crippen LogP contribution in [0.3, 0.4) is 0 Å². The van der Waals surface area contributed by atoms with Gasteiger partial charge in [0.15, 0.2) is 17.5 Å². The number of hydrogen-bond donors (Lipinski definition) is 2. The molecule has 0 aliphatic carbocycles. The van der Waals surface area contributed by atoms with Crippen molar-refractivity contribution in [2.45, 2.75) is 6.54 Å². The number of hydrogen-bond acceptors (Lipinski definition) is 5. The van der Waals surface area contributed by atoms with Crippen molar-refractivity contribution in [1.82, 2.24) is 15.1 Å². The minimum absolute atomic E-state index is 0. The number of guanidine groups is 1. The number of halogens is 1. The van der Waals surface area contributed by atoms with E-state index in [-0.39, 0.29) is 41.6 Å². The molecule has 0 unspecified atom stereocenters. The molecule has 3 heterocycles. The van der Waals surface area contributed by atoms with Gasteiger partial charge in [-0.2, -0.15) is 0 Å². The smallest absolute Gasteiger partial charge is 0.291 e. The molecule has 1 fully saturated rings. The molecule has 33 heavy (non-hydrogen) atoms. The number of amides is 2. The van der Waals surface area contributed by atoms with Crippen molar-refractivity contribution in [3.63, 3.8) is 0 Å². The molecule has 2 N–H and O–H groups in total. The highest BCUT2D eigenvalue weighted by atomic mass is 127. The van der Waals surface area contributed by atoms with Gasteiger partial charge in [0.05, 0.1) is 12.5 Å². The highest BCUT2D eigenvalue weighted by molar-refractivity contribution is 14.0. The fourth-order valence-electron chi connectivity index (χ4n) is 3.55. The molecule has 9 nitrogen and oxygen atoms in total. The molecule has 3 aromatic rings. The van der Waals surface area contributed by atoms with Crippen LogP contribution in [-0.2, 0) is 6.54 Å². The third kappa shape index (κ3) is 6.15. The average molecular weight is 563 g/mol. The molecule has 2 amide bonds. The lowest BCUT2D eigenvalue weighted by Crippen LogP contribution is -2.53. The van der Waals surface area contributed by atoms with Crippen molar-refractivity contribution in [3.8, 4) is 0 Å². The topological polar surface area (TPSA) is 103 Å². The molecule has 4 rings (SSSR count). The van der Waals surface area contributed by atoms with Gasteiger partial charge in [0.25, 0.3) is 11.8 Å². The quantitative estimate of drug-likeness (QED) is 0.281. The Morgan fingerprint density at radius 2 is 1.61 bits per heavy atom. The summed E-state index contributed by atoms with van der Waals surface area (Å²) in [6, 6.07) is 14.3. The first kappa shape index (κ1) is 24.4. The number of piperazine rings is 1. The number of furan rings is 2. The predicted octanol–water partition coefficient (Wildman–Crippen LogP) is 3.28. The molecule has 1 saturated heterocycles. The van der Waals surface area contributed by atoms with Crippen LogP contribution in [0.5, 0.6) is 0 Å². The Morgan fingerprint density at radius 1 is 0.939 bits per heavy atom. The maximum Gasteiger partial charge on any atom is 0.291 e. The normalized spacial score (nSPS) is 13.9. The molecule has 0 spiro atoms. The molecule has 0 saturated carbocycles. The molecule has 1 aromatic carbocycles. The molecule has 0 radical (unpaired) electrons. The first-order valence-electron chi connectivity index (χ1n) is 10.4. The Bertz CT molecular complexity index is 1070. The van der Waals surface area contributed by atoms with Crippen molar-refractivity contribution in [1.29, 1.82) is 0 Å². The fourth-order valence-corrected chi connectivity index (χ4v) is 3.55. The summed E-state index contributed by atoms with van der Waals surface area (Å²) >= 11 is 0. The van der Waals surface area contributed by atoms with Crippen LogP contribution < -0.4 is 10.6 Å². The van der Waals surface area contributed by atoms with Crippen LogP contribution in [0.25, 0.3) is 0 Å². The number of anilines is 1. The van der Waals surface area contributed by atoms with Gasteiger partial charge in [-0.15, -0.1) is 24.0 Å². The lowest BCUT2D eigenvalue weighted by atomic mass is 10.2. The second kappa shape index (κ2) is 11.5. The average Bonchev–Trinajstić information content (AvgIpc) is 3.54. The number of benzene rings is 1. The Kier molecular flexibility index (Phi) is 8.52. The maximum atomic E-state index is 12.4. The summed E-state index contributed by atoms with van der Waals surface area (Å²) in [5.74, 6) is 1.00. The maximum absolute atomic E-state index is 12.4. The molecule has 0 atom stereocenters. The molecule has 1 aliphatic rings. The van der Waals surface area contributed by atoms with E-state index in [2.05, 4.69) is 20.5 Å². The summed E-state index contributed by atoms with van der Waals surface area (Å²) in [7, 11) is 1.74. The Balaban J connectivity index is 0.00000306. The van der Waals surface area contributed by atoms with E-state index in [1.54, 1.807) is 36.2 Å². The molecular formula is C23H26IN5O4. The molecule has 10 heteroatoms. The van der Waals surface area contributed by atoms with Gasteiger partial charge in [-0.1, -0.05) is 12.1 Å². The second-order valence-corrected chi connectivity index (χ2v) is 7.29. The van der Waals surface area contributed by atoms with E-state index in [0.29, 0.717) is 44.2 Å². The van der Waals surface area contributed by atoms with Crippen LogP contribution in [0, 0.1) is 0 Å². The summed E-state index contributed by atoms with van der Waals surface area (Å²) < 4.78 is 10.3. The first-order chi connectivity index (χ1) is 15.6. The highest BCUT2D eigenvalue weighted by Crippen LogP contribution is 2.14. The van der Waals surface area contributed by atoms with E-state index in [1.165, 1.54) is 12.5 Å². The molecule has 2 aromatic heterocycles. The van der Waals surface area contributed by atoms with Gasteiger partial charge in [0.1, 0.15) is 0 Å². The van der Waals surface area contributed by atoms with E-state index in [4.69, 9.17) is 8.83 Å². The van der Waals surface area contributed by atoms with Gasteiger partial charge in [-0.3, -0.25) is 14.6 Å². The van der Waals surface area contributed by atoms with E-state index in [9.17, 15) is 9.59 Å². The Labute approximate surface area is 208 Å². The van der Waals surface area contributed by atoms with Crippen LogP contribution in [0.15, 0.2) is 74.9 Å². The number of nitrogens with zero attached hydrogens (tertiary/aromatic N) is 3. The summed E-state index contributed by atoms with van der Waals surface area (Å²) in [6.07, 6.45) is 2.97. The Morgan fingerprint density at radius 3 is 2.24 bits per heavy atom. The third-order valence-corrected chi connectivity index (χ3v) is 5.19. The zero-order valence-corrected chi connectivity index (χ0v) is 20.5. The zero-order chi connectivity index (χ0) is 22.3. The summed E-state index contributed by atoms with van der Waals surface area (Å²) in [5, 5.41) is 6.19. The molecule has 174 valence electrons. The highest BCUT2D eigenvalue weighted by Gasteiger charge is 2.25. The van der Waals surface area contributed by atoms with Crippen LogP contribution in [0.2, 0.25) is 0 Å². The monoisotopic (exact) mass is 563 g/mol. The van der Waals surface area contributed by atoms with Crippen molar-refractivity contribution in [2.24, 2.45) is 4.99 Å². The van der Waals surface area contributed by atoms with Crippen LogP contribution >= 0.6 is 24.0 Å². The molecular weight excluding hydrogens is 537 g/mol. The molecule has 0 bridgehead atoms. The van der Waals surface area contributed by atoms with Gasteiger partial charge < -0.3 is 29.3 Å². The molecule has 1 aliphatic heterocycles. The van der Waals surface area contributed by atoms with E-state index < -0.39 is 0 Å². The van der Waals surface area contributed by atoms with Crippen molar-refractivity contribution < 1.29 is 18.4 Å². The van der Waals surface area contributed by atoms with Crippen LogP contribution in [-0.4, -0.2) is 60.8 Å². The zero-order valence-electron chi connectivity index (χ0n) is 18.2. The standard InChI is InChI=1S/C23H25N5O4.HI/c1-24-23(28-11-9-27(10-12-28)22(30)20-8-4-14-32-20)25-16-17-5-2-6-18(15-17)26-21(29)19-7-3-13-31-19;/h2-8,13-15H,9-12,16H2,1H3,(H,24,25)(H,26,29);1H. The number of aliphatic imine (C=N–C) groups is 1. The van der Waals surface area contributed by atoms with Gasteiger partial charge in [0.2, 0.25) is 0 Å². The fraction of sp³-hybridized carbons (Fsp3) is 0.261. The minimum Gasteiger partial charge on any atom is -0.459 e. The van der Waals surface area contributed by atoms with Gasteiger partial charge in [0, 0.05) is 45.5 Å². The van der Waals surface area contributed by atoms with Crippen LogP contribution in [0.4, 0.5) is 5.69 Å². The van der Waals surface area contributed by atoms with Gasteiger partial charge in [-0.05, 0) is 42.0 Å². The van der Waals surface area contributed by atoms with Gasteiger partial charge in [-0.25, -0.2) is 0 Å². The third-order valence-electron chi connectivity index (χ3n) is 5.19. The predicted molar refractivity (Wildman–Crippen MR) is 135 cm³/mol. The lowest BCUT2D eigenvalue weighted by Gasteiger charge is -2.36. The van der Waals surface area contributed by atoms with E-state index >= 15 is 0 Å². The minimum atomic E-state index is -0.294. The first-order valence-corrected chi connectivity index (χ1v) is 10.4. The number of rotatable bonds is 5. The van der Waals surface area contributed by atoms with E-state index in [1.807, 2.05) is 24.3 Å². The number of nitrogens with one attached hydrogen (secondary N) is 2. The lowest BCUT2D eigenvalue weighted by molar-refractivity contribution is 0.0657. The summed E-state index contributed by atoms with van der Waals surface area (Å²) in [6.45, 7) is 3.07. The van der Waals surface area contributed by atoms with Crippen molar-refractivity contribution in [2.75, 3.05) is 38.5 Å². The Hall–Kier alpha value is -3.28. The van der Waals surface area contributed by atoms with Crippen LogP contribution in [0.1, 0.15) is 26.7 Å². The van der Waals surface area contributed by atoms with Crippen molar-refractivity contribution in [3.05, 3.63) is 78.1 Å². The number of carbonyl (C=O) groups excluding carboxylic acids is 2. The second-order valence-electron chi connectivity index (χ2n) is 7.29. The summed E-state index contributed by atoms with van der Waals surface area (Å²) in [4.78, 5) is 32.9. The SMILES string of the molecule is CN=C(NCc1cccc(NC(=O)c2ccco2)c1)N1CCN(C(=O)c2ccco2)CC1.I. The van der Waals surface area contributed by atoms with E-state index in [0.717, 1.165) is 11.5 Å². The largest absolute Gasteiger partial charge is 0.459 e. The number of carbonyl (C=O) groups is 2. The summed E-state index contributed by atoms with van der Waals surface area (Å²) in [5.41, 5.74) is 1.68. The van der Waals surface area contributed by atoms with Gasteiger partial charge >= 0.3 is 0 Å².